The fourth-order valence-corrected chi connectivity index (χ4v) is 12.6. The Morgan fingerprint density at radius 3 is 0.934 bits per heavy atom. The number of hydrogen-bond acceptors (Lipinski definition) is 34. The van der Waals surface area contributed by atoms with Gasteiger partial charge >= 0.3 is 165 Å². The smallest absolute Gasteiger partial charge is 0.871 e. The number of hydrogen-bond donors (Lipinski definition) is 4. The summed E-state index contributed by atoms with van der Waals surface area (Å²) in [5.41, 5.74) is -2.84. The van der Waals surface area contributed by atoms with E-state index in [1.165, 1.54) is 36.4 Å². The molecule has 514 valence electrons. The first-order chi connectivity index (χ1) is 47.2. The molecule has 12 rings (SSSR count). The third kappa shape index (κ3) is 21.0. The van der Waals surface area contributed by atoms with Crippen LogP contribution in [0.1, 0.15) is 0 Å². The summed E-state index contributed by atoms with van der Waals surface area (Å²) in [5.74, 6) is -4.48. The van der Waals surface area contributed by atoms with Crippen LogP contribution in [-0.4, -0.2) is 91.6 Å². The van der Waals surface area contributed by atoms with E-state index in [1.807, 2.05) is 12.1 Å². The molecule has 12 aromatic rings. The SMILES string of the molecule is O=[N+]([O-])c1ccc2c(N=Nc3c(S(=O)(=O)[O-])cc4cc(Nc5nc(Cl)nc(Nc6ccccc6)n5)ccc4c3[O-])c([O-])cc(S(=O)(=O)[O-])c2c1.O=[N+]([O-])c1ccc2c(N=Nc3c(S(=O)(=O)[O-])cc4cc(Nc5nc(Cl)nc(Nc6ccccc6)n5)ccc4c3[O-])c([O-])cc(S(=O)(=O)[O-])c2c1.[Co+3].[Na+].[Na+].[Na+].[Na+].[Na+]. The monoisotopic (exact) mass is 1640 g/mol. The third-order valence-electron chi connectivity index (χ3n) is 13.9. The van der Waals surface area contributed by atoms with Gasteiger partial charge in [-0.1, -0.05) is 71.5 Å². The Bertz CT molecular complexity index is 5660. The van der Waals surface area contributed by atoms with Crippen molar-refractivity contribution < 1.29 is 247 Å². The standard InChI is InChI=1S/2C29H19ClN8O10S2.Co.5Na/c2*30-27-33-28(31-15-4-2-1-3-5-15)35-29(34-27)32-16-6-8-18-14(10-16)11-23(50(46,47)48)25(26(18)40)37-36-24-19-9-7-17(38(41)42)12-20(19)22(13-21(24)39)49(43,44)45;;;;;;/h2*1-13,39-40H,(H,43,44,45)(H,46,47,48)(H2,31,32,33,34,35);;;;;;/q;;+3;5*+1/p-8. The summed E-state index contributed by atoms with van der Waals surface area (Å²) < 4.78 is 145. The normalized spacial score (nSPS) is 11.4. The Hall–Kier alpha value is -6.61. The van der Waals surface area contributed by atoms with E-state index < -0.39 is 149 Å². The molecule has 48 heteroatoms. The first-order valence-corrected chi connectivity index (χ1v) is 33.6. The second kappa shape index (κ2) is 36.7. The molecule has 0 bridgehead atoms. The van der Waals surface area contributed by atoms with Gasteiger partial charge in [-0.3, -0.25) is 20.2 Å². The number of para-hydroxylation sites is 2. The number of nitro benzene ring substituents is 2. The zero-order chi connectivity index (χ0) is 71.9. The first kappa shape index (κ1) is 90.0. The van der Waals surface area contributed by atoms with Crippen molar-refractivity contribution in [3.05, 3.63) is 189 Å². The zero-order valence-corrected chi connectivity index (χ0v) is 70.1. The van der Waals surface area contributed by atoms with E-state index in [0.717, 1.165) is 48.5 Å². The number of nitrogens with zero attached hydrogens (tertiary/aromatic N) is 12. The maximum absolute atomic E-state index is 13.5. The second-order valence-corrected chi connectivity index (χ2v) is 26.4. The molecular formula is C58H30Cl2CoN16Na5O20S4. The van der Waals surface area contributed by atoms with Crippen LogP contribution in [0.5, 0.6) is 23.0 Å². The average Bonchev–Trinajstić information content (AvgIpc) is 0.769. The molecule has 0 atom stereocenters. The number of non-ortho nitro benzene ring substituents is 2. The van der Waals surface area contributed by atoms with Gasteiger partial charge in [0, 0.05) is 68.6 Å². The molecule has 4 N–H and O–H groups in total. The van der Waals surface area contributed by atoms with Gasteiger partial charge in [0.1, 0.15) is 40.5 Å². The second-order valence-electron chi connectivity index (χ2n) is 20.3. The first-order valence-electron chi connectivity index (χ1n) is 27.2. The van der Waals surface area contributed by atoms with Gasteiger partial charge in [0.15, 0.2) is 0 Å². The number of rotatable bonds is 18. The maximum atomic E-state index is 13.5. The molecule has 0 saturated carbocycles. The molecular weight excluding hydrogens is 1610 g/mol. The minimum Gasteiger partial charge on any atom is -0.871 e. The molecule has 106 heavy (non-hydrogen) atoms. The summed E-state index contributed by atoms with van der Waals surface area (Å²) in [4.78, 5) is 40.9. The predicted molar refractivity (Wildman–Crippen MR) is 343 cm³/mol. The molecule has 0 unspecified atom stereocenters. The molecule has 36 nitrogen and oxygen atoms in total. The van der Waals surface area contributed by atoms with Crippen LogP contribution in [0.3, 0.4) is 0 Å². The molecule has 0 radical (unpaired) electrons. The molecule has 2 aromatic heterocycles. The maximum Gasteiger partial charge on any atom is 3.00 e. The van der Waals surface area contributed by atoms with E-state index in [-0.39, 0.29) is 232 Å². The van der Waals surface area contributed by atoms with E-state index in [9.17, 15) is 92.5 Å². The Labute approximate surface area is 727 Å². The third-order valence-corrected chi connectivity index (χ3v) is 17.7. The predicted octanol–water partition coefficient (Wildman–Crippen LogP) is -5.79. The minimum atomic E-state index is -5.41. The average molecular weight is 1640 g/mol. The van der Waals surface area contributed by atoms with Crippen LogP contribution in [0, 0.1) is 20.2 Å². The van der Waals surface area contributed by atoms with Crippen LogP contribution >= 0.6 is 23.2 Å². The van der Waals surface area contributed by atoms with Crippen molar-refractivity contribution in [1.82, 2.24) is 29.9 Å². The van der Waals surface area contributed by atoms with Crippen molar-refractivity contribution in [3.63, 3.8) is 0 Å². The van der Waals surface area contributed by atoms with Gasteiger partial charge < -0.3 is 59.9 Å². The van der Waals surface area contributed by atoms with Crippen molar-refractivity contribution in [3.8, 4) is 23.0 Å². The van der Waals surface area contributed by atoms with Crippen LogP contribution in [0.4, 0.5) is 80.7 Å². The number of benzene rings is 10. The van der Waals surface area contributed by atoms with Crippen molar-refractivity contribution in [1.29, 1.82) is 0 Å². The number of nitrogens with one attached hydrogen (secondary N) is 4. The number of nitro groups is 2. The Morgan fingerprint density at radius 2 is 0.632 bits per heavy atom. The topological polar surface area (TPSA) is 582 Å². The molecule has 0 fully saturated rings. The number of aromatic nitrogens is 6. The Balaban J connectivity index is 0.000000360. The van der Waals surface area contributed by atoms with E-state index in [1.54, 1.807) is 48.5 Å². The van der Waals surface area contributed by atoms with E-state index in [4.69, 9.17) is 23.2 Å². The molecule has 0 aliphatic heterocycles. The van der Waals surface area contributed by atoms with Gasteiger partial charge in [0.05, 0.1) is 52.2 Å². The fourth-order valence-electron chi connectivity index (χ4n) is 9.61. The number of fused-ring (bicyclic) bond motifs is 4. The number of halogens is 2. The quantitative estimate of drug-likeness (QED) is 0.0204. The van der Waals surface area contributed by atoms with Crippen molar-refractivity contribution in [2.75, 3.05) is 21.3 Å². The van der Waals surface area contributed by atoms with Gasteiger partial charge in [-0.2, -0.15) is 40.1 Å². The van der Waals surface area contributed by atoms with E-state index >= 15 is 0 Å². The Kier molecular flexibility index (Phi) is 31.2. The summed E-state index contributed by atoms with van der Waals surface area (Å²) in [7, 11) is -21.5. The zero-order valence-electron chi connectivity index (χ0n) is 54.3. The van der Waals surface area contributed by atoms with Crippen molar-refractivity contribution >= 4 is 187 Å². The van der Waals surface area contributed by atoms with Gasteiger partial charge in [-0.15, -0.1) is 10.2 Å². The largest absolute Gasteiger partial charge is 3.00 e. The van der Waals surface area contributed by atoms with Gasteiger partial charge in [-0.05, 0) is 130 Å². The summed E-state index contributed by atoms with van der Waals surface area (Å²) in [6.07, 6.45) is 0. The molecule has 0 aliphatic carbocycles. The van der Waals surface area contributed by atoms with Crippen LogP contribution in [0.2, 0.25) is 10.6 Å². The molecule has 0 spiro atoms. The Morgan fingerprint density at radius 1 is 0.340 bits per heavy atom. The van der Waals surface area contributed by atoms with Crippen LogP contribution in [0.15, 0.2) is 198 Å². The molecule has 0 saturated heterocycles. The summed E-state index contributed by atoms with van der Waals surface area (Å²) in [6, 6.07) is 33.3. The molecule has 2 heterocycles. The van der Waals surface area contributed by atoms with Gasteiger partial charge in [-0.25, -0.2) is 33.7 Å². The van der Waals surface area contributed by atoms with Gasteiger partial charge in [0.2, 0.25) is 34.4 Å². The van der Waals surface area contributed by atoms with Crippen LogP contribution in [-0.2, 0) is 57.3 Å². The number of anilines is 8. The number of azo groups is 2. The van der Waals surface area contributed by atoms with Crippen LogP contribution < -0.4 is 189 Å². The fraction of sp³-hybridized carbons (Fsp3) is 0. The summed E-state index contributed by atoms with van der Waals surface area (Å²) in [6.45, 7) is 0. The summed E-state index contributed by atoms with van der Waals surface area (Å²) in [5, 5.41) is 98.8. The molecule has 0 amide bonds. The van der Waals surface area contributed by atoms with Gasteiger partial charge in [0.25, 0.3) is 11.4 Å². The minimum absolute atomic E-state index is 0. The van der Waals surface area contributed by atoms with E-state index in [0.29, 0.717) is 23.5 Å². The summed E-state index contributed by atoms with van der Waals surface area (Å²) >= 11 is 12.1. The van der Waals surface area contributed by atoms with Crippen LogP contribution in [0.25, 0.3) is 43.1 Å². The van der Waals surface area contributed by atoms with Crippen molar-refractivity contribution in [2.24, 2.45) is 20.5 Å². The molecule has 10 aromatic carbocycles. The van der Waals surface area contributed by atoms with Crippen molar-refractivity contribution in [2.45, 2.75) is 19.6 Å². The molecule has 0 aliphatic rings. The van der Waals surface area contributed by atoms with E-state index in [2.05, 4.69) is 71.6 Å².